The number of halogens is 3. The summed E-state index contributed by atoms with van der Waals surface area (Å²) in [6, 6.07) is 4.94. The van der Waals surface area contributed by atoms with Crippen LogP contribution in [-0.2, 0) is 19.0 Å². The normalized spacial score (nSPS) is 15.2. The monoisotopic (exact) mass is 237 g/mol. The average Bonchev–Trinajstić information content (AvgIpc) is 2.70. The minimum Gasteiger partial charge on any atom is -0.256 e. The standard InChI is InChI=1S/C13H10F3N/c14-13(15,16)11-5-10-4-8-2-1-3-9(8)6-12(10)17-7-11/h4-7H,1-3H2. The van der Waals surface area contributed by atoms with Crippen LogP contribution < -0.4 is 0 Å². The van der Waals surface area contributed by atoms with Crippen LogP contribution in [0.25, 0.3) is 10.9 Å². The Hall–Kier alpha value is -1.58. The van der Waals surface area contributed by atoms with Crippen LogP contribution in [-0.4, -0.2) is 4.98 Å². The number of benzene rings is 1. The summed E-state index contributed by atoms with van der Waals surface area (Å²) in [5, 5.41) is 0.584. The van der Waals surface area contributed by atoms with E-state index < -0.39 is 11.7 Å². The Morgan fingerprint density at radius 2 is 1.71 bits per heavy atom. The Labute approximate surface area is 96.3 Å². The summed E-state index contributed by atoms with van der Waals surface area (Å²) in [6.07, 6.45) is -0.364. The molecule has 1 nitrogen and oxygen atoms in total. The van der Waals surface area contributed by atoms with Crippen molar-refractivity contribution >= 4 is 10.9 Å². The second-order valence-corrected chi connectivity index (χ2v) is 4.39. The van der Waals surface area contributed by atoms with Crippen LogP contribution in [0.2, 0.25) is 0 Å². The maximum atomic E-state index is 12.5. The largest absolute Gasteiger partial charge is 0.417 e. The first kappa shape index (κ1) is 10.6. The minimum atomic E-state index is -4.32. The Morgan fingerprint density at radius 3 is 2.41 bits per heavy atom. The number of aromatic nitrogens is 1. The fraction of sp³-hybridized carbons (Fsp3) is 0.308. The summed E-state index contributed by atoms with van der Waals surface area (Å²) in [5.41, 5.74) is 2.37. The molecule has 88 valence electrons. The van der Waals surface area contributed by atoms with E-state index in [1.165, 1.54) is 17.2 Å². The molecule has 3 rings (SSSR count). The van der Waals surface area contributed by atoms with E-state index in [-0.39, 0.29) is 0 Å². The van der Waals surface area contributed by atoms with Crippen molar-refractivity contribution in [1.29, 1.82) is 0 Å². The van der Waals surface area contributed by atoms with Gasteiger partial charge in [0.2, 0.25) is 0 Å². The van der Waals surface area contributed by atoms with E-state index >= 15 is 0 Å². The van der Waals surface area contributed by atoms with Crippen molar-refractivity contribution in [3.05, 3.63) is 41.1 Å². The van der Waals surface area contributed by atoms with Crippen LogP contribution in [0.3, 0.4) is 0 Å². The van der Waals surface area contributed by atoms with Gasteiger partial charge in [0.15, 0.2) is 0 Å². The van der Waals surface area contributed by atoms with Crippen molar-refractivity contribution in [2.75, 3.05) is 0 Å². The molecule has 0 unspecified atom stereocenters. The summed E-state index contributed by atoms with van der Waals surface area (Å²) in [4.78, 5) is 3.91. The van der Waals surface area contributed by atoms with Crippen LogP contribution in [0.15, 0.2) is 24.4 Å². The van der Waals surface area contributed by atoms with Gasteiger partial charge in [-0.1, -0.05) is 0 Å². The lowest BCUT2D eigenvalue weighted by atomic mass is 10.1. The molecule has 0 fully saturated rings. The SMILES string of the molecule is FC(F)(F)c1cnc2cc3c(cc2c1)CCC3. The van der Waals surface area contributed by atoms with Crippen molar-refractivity contribution in [3.8, 4) is 0 Å². The molecule has 0 radical (unpaired) electrons. The summed E-state index contributed by atoms with van der Waals surface area (Å²) in [6.45, 7) is 0. The topological polar surface area (TPSA) is 12.9 Å². The van der Waals surface area contributed by atoms with E-state index in [9.17, 15) is 13.2 Å². The lowest BCUT2D eigenvalue weighted by Crippen LogP contribution is -2.05. The third-order valence-electron chi connectivity index (χ3n) is 3.22. The Bertz CT molecular complexity index is 587. The summed E-state index contributed by atoms with van der Waals surface area (Å²) in [7, 11) is 0. The molecule has 1 aromatic heterocycles. The van der Waals surface area contributed by atoms with Gasteiger partial charge in [0, 0.05) is 11.6 Å². The zero-order valence-electron chi connectivity index (χ0n) is 9.01. The molecule has 1 aliphatic rings. The Balaban J connectivity index is 2.20. The molecule has 0 atom stereocenters. The highest BCUT2D eigenvalue weighted by Gasteiger charge is 2.31. The van der Waals surface area contributed by atoms with Crippen molar-refractivity contribution < 1.29 is 13.2 Å². The van der Waals surface area contributed by atoms with Gasteiger partial charge in [-0.2, -0.15) is 13.2 Å². The highest BCUT2D eigenvalue weighted by Crippen LogP contribution is 2.32. The van der Waals surface area contributed by atoms with E-state index in [0.29, 0.717) is 10.9 Å². The number of hydrogen-bond acceptors (Lipinski definition) is 1. The van der Waals surface area contributed by atoms with Crippen molar-refractivity contribution in [3.63, 3.8) is 0 Å². The van der Waals surface area contributed by atoms with E-state index in [4.69, 9.17) is 0 Å². The fourth-order valence-electron chi connectivity index (χ4n) is 2.36. The van der Waals surface area contributed by atoms with Gasteiger partial charge in [0.1, 0.15) is 0 Å². The van der Waals surface area contributed by atoms with Crippen molar-refractivity contribution in [2.45, 2.75) is 25.4 Å². The number of alkyl halides is 3. The lowest BCUT2D eigenvalue weighted by Gasteiger charge is -2.08. The molecular formula is C13H10F3N. The van der Waals surface area contributed by atoms with Crippen LogP contribution in [0.5, 0.6) is 0 Å². The first-order valence-corrected chi connectivity index (χ1v) is 5.53. The van der Waals surface area contributed by atoms with E-state index in [1.54, 1.807) is 0 Å². The quantitative estimate of drug-likeness (QED) is 0.680. The highest BCUT2D eigenvalue weighted by atomic mass is 19.4. The molecular weight excluding hydrogens is 227 g/mol. The maximum absolute atomic E-state index is 12.5. The Kier molecular flexibility index (Phi) is 2.15. The van der Waals surface area contributed by atoms with Crippen LogP contribution >= 0.6 is 0 Å². The van der Waals surface area contributed by atoms with Gasteiger partial charge in [0.25, 0.3) is 0 Å². The Morgan fingerprint density at radius 1 is 1.00 bits per heavy atom. The predicted octanol–water partition coefficient (Wildman–Crippen LogP) is 3.74. The van der Waals surface area contributed by atoms with Gasteiger partial charge in [-0.25, -0.2) is 0 Å². The number of nitrogens with zero attached hydrogens (tertiary/aromatic N) is 1. The molecule has 1 aliphatic carbocycles. The third-order valence-corrected chi connectivity index (χ3v) is 3.22. The molecule has 0 bridgehead atoms. The summed E-state index contributed by atoms with van der Waals surface area (Å²) in [5.74, 6) is 0. The van der Waals surface area contributed by atoms with Crippen molar-refractivity contribution in [2.24, 2.45) is 0 Å². The summed E-state index contributed by atoms with van der Waals surface area (Å²) >= 11 is 0. The zero-order chi connectivity index (χ0) is 12.0. The smallest absolute Gasteiger partial charge is 0.256 e. The number of aryl methyl sites for hydroxylation is 2. The van der Waals surface area contributed by atoms with Gasteiger partial charge in [-0.05, 0) is 48.6 Å². The first-order valence-electron chi connectivity index (χ1n) is 5.53. The van der Waals surface area contributed by atoms with Gasteiger partial charge in [-0.15, -0.1) is 0 Å². The molecule has 0 aliphatic heterocycles. The zero-order valence-corrected chi connectivity index (χ0v) is 9.01. The minimum absolute atomic E-state index is 0.584. The second-order valence-electron chi connectivity index (χ2n) is 4.39. The van der Waals surface area contributed by atoms with E-state index in [0.717, 1.165) is 25.5 Å². The number of hydrogen-bond donors (Lipinski definition) is 0. The van der Waals surface area contributed by atoms with Gasteiger partial charge in [-0.3, -0.25) is 4.98 Å². The molecule has 0 saturated carbocycles. The molecule has 2 aromatic rings. The fourth-order valence-corrected chi connectivity index (χ4v) is 2.36. The average molecular weight is 237 g/mol. The van der Waals surface area contributed by atoms with E-state index in [2.05, 4.69) is 4.98 Å². The van der Waals surface area contributed by atoms with Crippen molar-refractivity contribution in [1.82, 2.24) is 4.98 Å². The van der Waals surface area contributed by atoms with Gasteiger partial charge in [0.05, 0.1) is 11.1 Å². The number of fused-ring (bicyclic) bond motifs is 2. The van der Waals surface area contributed by atoms with Crippen LogP contribution in [0.4, 0.5) is 13.2 Å². The molecule has 1 heterocycles. The predicted molar refractivity (Wildman–Crippen MR) is 58.8 cm³/mol. The molecule has 0 amide bonds. The molecule has 1 aromatic carbocycles. The molecule has 4 heteroatoms. The third kappa shape index (κ3) is 1.77. The van der Waals surface area contributed by atoms with Gasteiger partial charge < -0.3 is 0 Å². The summed E-state index contributed by atoms with van der Waals surface area (Å²) < 4.78 is 37.6. The lowest BCUT2D eigenvalue weighted by molar-refractivity contribution is -0.137. The van der Waals surface area contributed by atoms with E-state index in [1.807, 2.05) is 12.1 Å². The molecule has 0 saturated heterocycles. The molecule has 0 N–H and O–H groups in total. The maximum Gasteiger partial charge on any atom is 0.417 e. The number of pyridine rings is 1. The highest BCUT2D eigenvalue weighted by molar-refractivity contribution is 5.81. The molecule has 0 spiro atoms. The van der Waals surface area contributed by atoms with Gasteiger partial charge >= 0.3 is 6.18 Å². The second kappa shape index (κ2) is 3.45. The number of rotatable bonds is 0. The van der Waals surface area contributed by atoms with Crippen LogP contribution in [0, 0.1) is 0 Å². The van der Waals surface area contributed by atoms with Crippen LogP contribution in [0.1, 0.15) is 23.1 Å². The molecule has 17 heavy (non-hydrogen) atoms. The first-order chi connectivity index (χ1) is 8.04.